The average Bonchev–Trinajstić information content (AvgIpc) is 2.77. The zero-order valence-corrected chi connectivity index (χ0v) is 11.3. The molecule has 0 aliphatic carbocycles. The van der Waals surface area contributed by atoms with E-state index in [0.717, 1.165) is 0 Å². The van der Waals surface area contributed by atoms with E-state index in [2.05, 4.69) is 10.1 Å². The number of benzene rings is 1. The van der Waals surface area contributed by atoms with Crippen LogP contribution in [0.1, 0.15) is 25.8 Å². The summed E-state index contributed by atoms with van der Waals surface area (Å²) in [6.45, 7) is 4.06. The van der Waals surface area contributed by atoms with Crippen LogP contribution in [0.25, 0.3) is 11.5 Å². The molecule has 1 aromatic heterocycles. The van der Waals surface area contributed by atoms with Gasteiger partial charge in [-0.25, -0.2) is 0 Å². The van der Waals surface area contributed by atoms with Gasteiger partial charge in [-0.3, -0.25) is 0 Å². The molecule has 6 nitrogen and oxygen atoms in total. The van der Waals surface area contributed by atoms with Crippen molar-refractivity contribution in [3.8, 4) is 11.5 Å². The van der Waals surface area contributed by atoms with E-state index < -0.39 is 0 Å². The average molecular weight is 262 g/mol. The lowest BCUT2D eigenvalue weighted by molar-refractivity contribution is 0.0556. The van der Waals surface area contributed by atoms with Gasteiger partial charge in [-0.1, -0.05) is 19.0 Å². The van der Waals surface area contributed by atoms with Crippen molar-refractivity contribution in [1.29, 1.82) is 0 Å². The maximum Gasteiger partial charge on any atom is 0.258 e. The summed E-state index contributed by atoms with van der Waals surface area (Å²) in [6, 6.07) is 5.16. The first-order valence-corrected chi connectivity index (χ1v) is 6.04. The predicted molar refractivity (Wildman–Crippen MR) is 73.1 cm³/mol. The van der Waals surface area contributed by atoms with Crippen molar-refractivity contribution in [2.45, 2.75) is 20.0 Å². The molecule has 0 aliphatic rings. The molecule has 1 unspecified atom stereocenters. The highest BCUT2D eigenvalue weighted by Gasteiger charge is 2.21. The molecule has 19 heavy (non-hydrogen) atoms. The van der Waals surface area contributed by atoms with Gasteiger partial charge in [0, 0.05) is 24.0 Å². The quantitative estimate of drug-likeness (QED) is 0.819. The first kappa shape index (κ1) is 13.4. The molecular formula is C13H18N4O2. The van der Waals surface area contributed by atoms with Crippen LogP contribution in [0.4, 0.5) is 11.4 Å². The minimum Gasteiger partial charge on any atom is -0.399 e. The Morgan fingerprint density at radius 3 is 2.32 bits per heavy atom. The molecule has 1 atom stereocenters. The third-order valence-electron chi connectivity index (χ3n) is 2.78. The van der Waals surface area contributed by atoms with Gasteiger partial charge in [0.15, 0.2) is 0 Å². The van der Waals surface area contributed by atoms with Crippen molar-refractivity contribution < 1.29 is 9.26 Å². The number of nitrogens with zero attached hydrogens (tertiary/aromatic N) is 2. The Bertz CT molecular complexity index is 545. The number of hydrogen-bond donors (Lipinski definition) is 2. The Balaban J connectivity index is 2.35. The summed E-state index contributed by atoms with van der Waals surface area (Å²) in [5.41, 5.74) is 13.3. The van der Waals surface area contributed by atoms with E-state index in [0.29, 0.717) is 28.7 Å². The van der Waals surface area contributed by atoms with Crippen molar-refractivity contribution in [3.63, 3.8) is 0 Å². The topological polar surface area (TPSA) is 100 Å². The molecule has 0 radical (unpaired) electrons. The van der Waals surface area contributed by atoms with Gasteiger partial charge < -0.3 is 20.7 Å². The zero-order chi connectivity index (χ0) is 14.0. The van der Waals surface area contributed by atoms with Gasteiger partial charge in [-0.05, 0) is 24.1 Å². The Morgan fingerprint density at radius 1 is 1.16 bits per heavy atom. The van der Waals surface area contributed by atoms with E-state index in [1.54, 1.807) is 25.3 Å². The molecule has 6 heteroatoms. The molecule has 0 amide bonds. The van der Waals surface area contributed by atoms with Crippen molar-refractivity contribution in [2.24, 2.45) is 5.92 Å². The van der Waals surface area contributed by atoms with Gasteiger partial charge in [-0.15, -0.1) is 0 Å². The van der Waals surface area contributed by atoms with Crippen LogP contribution < -0.4 is 11.5 Å². The first-order chi connectivity index (χ1) is 9.01. The van der Waals surface area contributed by atoms with Gasteiger partial charge >= 0.3 is 0 Å². The number of aromatic nitrogens is 2. The molecule has 0 bridgehead atoms. The van der Waals surface area contributed by atoms with E-state index >= 15 is 0 Å². The van der Waals surface area contributed by atoms with Crippen LogP contribution in [0.15, 0.2) is 22.7 Å². The van der Waals surface area contributed by atoms with Crippen LogP contribution in [0.3, 0.4) is 0 Å². The largest absolute Gasteiger partial charge is 0.399 e. The Labute approximate surface area is 111 Å². The van der Waals surface area contributed by atoms with Gasteiger partial charge in [0.2, 0.25) is 5.82 Å². The second-order valence-corrected chi connectivity index (χ2v) is 4.75. The Kier molecular flexibility index (Phi) is 3.71. The molecule has 1 aromatic carbocycles. The standard InChI is InChI=1S/C13H18N4O2/c1-7(2)11(18-3)12-16-13(19-17-12)8-4-9(14)6-10(15)5-8/h4-7,11H,14-15H2,1-3H3. The van der Waals surface area contributed by atoms with Crippen LogP contribution in [-0.2, 0) is 4.74 Å². The Hall–Kier alpha value is -2.08. The van der Waals surface area contributed by atoms with E-state index in [4.69, 9.17) is 20.7 Å². The third kappa shape index (κ3) is 2.85. The van der Waals surface area contributed by atoms with E-state index in [1.165, 1.54) is 0 Å². The maximum atomic E-state index is 5.74. The number of hydrogen-bond acceptors (Lipinski definition) is 6. The molecule has 0 fully saturated rings. The summed E-state index contributed by atoms with van der Waals surface area (Å²) in [4.78, 5) is 4.34. The van der Waals surface area contributed by atoms with Crippen LogP contribution in [0.2, 0.25) is 0 Å². The Morgan fingerprint density at radius 2 is 1.79 bits per heavy atom. The fraction of sp³-hybridized carbons (Fsp3) is 0.385. The summed E-state index contributed by atoms with van der Waals surface area (Å²) >= 11 is 0. The number of nitrogen functional groups attached to an aromatic ring is 2. The van der Waals surface area contributed by atoms with Crippen LogP contribution in [0.5, 0.6) is 0 Å². The molecule has 0 spiro atoms. The SMILES string of the molecule is COC(c1noc(-c2cc(N)cc(N)c2)n1)C(C)C. The second kappa shape index (κ2) is 5.27. The molecule has 2 aromatic rings. The second-order valence-electron chi connectivity index (χ2n) is 4.75. The summed E-state index contributed by atoms with van der Waals surface area (Å²) < 4.78 is 10.6. The number of anilines is 2. The minimum absolute atomic E-state index is 0.198. The van der Waals surface area contributed by atoms with E-state index in [9.17, 15) is 0 Å². The van der Waals surface area contributed by atoms with Gasteiger partial charge in [-0.2, -0.15) is 4.98 Å². The summed E-state index contributed by atoms with van der Waals surface area (Å²) in [6.07, 6.45) is -0.198. The van der Waals surface area contributed by atoms with Crippen LogP contribution >= 0.6 is 0 Å². The first-order valence-electron chi connectivity index (χ1n) is 6.04. The normalized spacial score (nSPS) is 12.8. The van der Waals surface area contributed by atoms with Crippen LogP contribution in [0, 0.1) is 5.92 Å². The molecule has 1 heterocycles. The molecule has 0 aliphatic heterocycles. The maximum absolute atomic E-state index is 5.74. The zero-order valence-electron chi connectivity index (χ0n) is 11.3. The van der Waals surface area contributed by atoms with Crippen LogP contribution in [-0.4, -0.2) is 17.3 Å². The van der Waals surface area contributed by atoms with Gasteiger partial charge in [0.25, 0.3) is 5.89 Å². The van der Waals surface area contributed by atoms with Crippen molar-refractivity contribution in [3.05, 3.63) is 24.0 Å². The number of methoxy groups -OCH3 is 1. The molecule has 0 saturated heterocycles. The number of ether oxygens (including phenoxy) is 1. The lowest BCUT2D eigenvalue weighted by Gasteiger charge is -2.14. The monoisotopic (exact) mass is 262 g/mol. The highest BCUT2D eigenvalue weighted by molar-refractivity contribution is 5.67. The highest BCUT2D eigenvalue weighted by Crippen LogP contribution is 2.27. The van der Waals surface area contributed by atoms with Crippen molar-refractivity contribution in [2.75, 3.05) is 18.6 Å². The minimum atomic E-state index is -0.198. The molecular weight excluding hydrogens is 244 g/mol. The lowest BCUT2D eigenvalue weighted by Crippen LogP contribution is -2.10. The fourth-order valence-electron chi connectivity index (χ4n) is 1.94. The molecule has 102 valence electrons. The fourth-order valence-corrected chi connectivity index (χ4v) is 1.94. The van der Waals surface area contributed by atoms with Gasteiger partial charge in [0.05, 0.1) is 0 Å². The molecule has 4 N–H and O–H groups in total. The lowest BCUT2D eigenvalue weighted by atomic mass is 10.1. The van der Waals surface area contributed by atoms with Crippen molar-refractivity contribution >= 4 is 11.4 Å². The highest BCUT2D eigenvalue weighted by atomic mass is 16.5. The van der Waals surface area contributed by atoms with E-state index in [-0.39, 0.29) is 12.0 Å². The predicted octanol–water partition coefficient (Wildman–Crippen LogP) is 2.24. The number of nitrogens with two attached hydrogens (primary N) is 2. The van der Waals surface area contributed by atoms with E-state index in [1.807, 2.05) is 13.8 Å². The summed E-state index contributed by atoms with van der Waals surface area (Å²) in [5, 5.41) is 3.95. The van der Waals surface area contributed by atoms with Gasteiger partial charge in [0.1, 0.15) is 6.10 Å². The smallest absolute Gasteiger partial charge is 0.258 e. The number of rotatable bonds is 4. The molecule has 0 saturated carbocycles. The third-order valence-corrected chi connectivity index (χ3v) is 2.78. The summed E-state index contributed by atoms with van der Waals surface area (Å²) in [7, 11) is 1.62. The van der Waals surface area contributed by atoms with Crippen molar-refractivity contribution in [1.82, 2.24) is 10.1 Å². The molecule has 2 rings (SSSR count). The summed E-state index contributed by atoms with van der Waals surface area (Å²) in [5.74, 6) is 1.16.